The fourth-order valence-electron chi connectivity index (χ4n) is 0.975. The Morgan fingerprint density at radius 1 is 1.21 bits per heavy atom. The molecule has 0 saturated carbocycles. The Balaban J connectivity index is 0.00000169. The Morgan fingerprint density at radius 3 is 2.14 bits per heavy atom. The molecule has 0 bridgehead atoms. The van der Waals surface area contributed by atoms with Crippen LogP contribution in [0, 0.1) is 0 Å². The molecule has 0 fully saturated rings. The fourth-order valence-corrected chi connectivity index (χ4v) is 1.17. The topological polar surface area (TPSA) is 34.1 Å². The number of rotatable bonds is 3. The number of hydrogen-bond acceptors (Lipinski definition) is 2. The van der Waals surface area contributed by atoms with Crippen molar-refractivity contribution in [3.05, 3.63) is 35.9 Å². The van der Waals surface area contributed by atoms with Crippen LogP contribution in [0.4, 0.5) is 0 Å². The average molecular weight is 232 g/mol. The summed E-state index contributed by atoms with van der Waals surface area (Å²) in [5, 5.41) is 0. The van der Waals surface area contributed by atoms with Crippen LogP contribution in [0.1, 0.15) is 24.2 Å². The normalized spacial score (nSPS) is 10.1. The van der Waals surface area contributed by atoms with Gasteiger partial charge < -0.3 is 0 Å². The first-order valence-corrected chi connectivity index (χ1v) is 4.73. The van der Waals surface area contributed by atoms with Crippen molar-refractivity contribution >= 4 is 29.9 Å². The molecule has 2 nitrogen and oxygen atoms in total. The van der Waals surface area contributed by atoms with Crippen LogP contribution in [0.25, 0.3) is 0 Å². The second kappa shape index (κ2) is 5.17. The van der Waals surface area contributed by atoms with Crippen molar-refractivity contribution in [2.75, 3.05) is 0 Å². The summed E-state index contributed by atoms with van der Waals surface area (Å²) in [6.07, 6.45) is 0. The highest BCUT2D eigenvalue weighted by atomic mass is 35.5. The molecule has 4 heteroatoms. The molecule has 0 aliphatic carbocycles. The molecular formula is C10H12ClO2S+. The molecule has 0 spiro atoms. The van der Waals surface area contributed by atoms with Gasteiger partial charge in [-0.3, -0.25) is 4.79 Å². The Bertz CT molecular complexity index is 322. The summed E-state index contributed by atoms with van der Waals surface area (Å²) < 4.78 is 9.79. The summed E-state index contributed by atoms with van der Waals surface area (Å²) in [5.41, 5.74) is 0.593. The van der Waals surface area contributed by atoms with Crippen LogP contribution in [0.15, 0.2) is 30.3 Å². The maximum atomic E-state index is 11.7. The van der Waals surface area contributed by atoms with E-state index in [2.05, 4.69) is 0 Å². The molecule has 0 heterocycles. The van der Waals surface area contributed by atoms with Gasteiger partial charge in [-0.25, -0.2) is 0 Å². The molecule has 0 aromatic heterocycles. The van der Waals surface area contributed by atoms with Gasteiger partial charge in [0.25, 0.3) is 0 Å². The first-order chi connectivity index (χ1) is 6.08. The Kier molecular flexibility index (Phi) is 4.88. The molecule has 1 aromatic carbocycles. The lowest BCUT2D eigenvalue weighted by molar-refractivity contribution is 0.0957. The number of halogens is 1. The van der Waals surface area contributed by atoms with E-state index >= 15 is 0 Å². The molecule has 0 saturated heterocycles. The van der Waals surface area contributed by atoms with Gasteiger partial charge in [-0.1, -0.05) is 30.3 Å². The van der Waals surface area contributed by atoms with Gasteiger partial charge in [0.2, 0.25) is 5.78 Å². The van der Waals surface area contributed by atoms with Crippen LogP contribution in [0.5, 0.6) is 0 Å². The standard InChI is InChI=1S/C10H11O2S.ClH/c1-10(2,13-12)9(11)8-6-4-3-5-7-8;/h3-7H,1-2H3;1H/q+1;. The molecule has 0 radical (unpaired) electrons. The van der Waals surface area contributed by atoms with Gasteiger partial charge >= 0.3 is 16.4 Å². The molecule has 0 unspecified atom stereocenters. The lowest BCUT2D eigenvalue weighted by Gasteiger charge is -2.03. The predicted octanol–water partition coefficient (Wildman–Crippen LogP) is 2.50. The van der Waals surface area contributed by atoms with Crippen molar-refractivity contribution in [2.45, 2.75) is 18.6 Å². The molecule has 0 aliphatic rings. The number of carbonyl (C=O) groups is 1. The summed E-state index contributed by atoms with van der Waals surface area (Å²) in [5.74, 6) is -0.117. The average Bonchev–Trinajstić information content (AvgIpc) is 2.18. The molecule has 0 N–H and O–H groups in total. The van der Waals surface area contributed by atoms with E-state index < -0.39 is 4.75 Å². The first-order valence-electron chi connectivity index (χ1n) is 3.99. The quantitative estimate of drug-likeness (QED) is 0.592. The zero-order chi connectivity index (χ0) is 9.90. The maximum Gasteiger partial charge on any atom is 0.473 e. The zero-order valence-electron chi connectivity index (χ0n) is 8.02. The van der Waals surface area contributed by atoms with Crippen LogP contribution in [0.3, 0.4) is 0 Å². The van der Waals surface area contributed by atoms with Gasteiger partial charge in [0.15, 0.2) is 0 Å². The van der Waals surface area contributed by atoms with Crippen molar-refractivity contribution in [1.29, 1.82) is 0 Å². The number of Topliss-reactive ketones (excluding diaryl/α,β-unsaturated/α-hetero) is 1. The third-order valence-corrected chi connectivity index (χ3v) is 2.39. The summed E-state index contributed by atoms with van der Waals surface area (Å²) >= 11 is 0.330. The van der Waals surface area contributed by atoms with Gasteiger partial charge in [0.1, 0.15) is 0 Å². The SMILES string of the molecule is CC(C)([S+]=O)C(=O)c1ccccc1.Cl. The lowest BCUT2D eigenvalue weighted by atomic mass is 10.0. The largest absolute Gasteiger partial charge is 0.473 e. The summed E-state index contributed by atoms with van der Waals surface area (Å²) in [6, 6.07) is 8.87. The zero-order valence-corrected chi connectivity index (χ0v) is 9.65. The molecule has 0 amide bonds. The van der Waals surface area contributed by atoms with Crippen LogP contribution in [-0.4, -0.2) is 10.5 Å². The minimum atomic E-state index is -0.874. The van der Waals surface area contributed by atoms with E-state index in [1.54, 1.807) is 38.1 Å². The third-order valence-electron chi connectivity index (χ3n) is 1.79. The van der Waals surface area contributed by atoms with Gasteiger partial charge in [0.05, 0.1) is 0 Å². The van der Waals surface area contributed by atoms with Crippen LogP contribution < -0.4 is 0 Å². The van der Waals surface area contributed by atoms with Gasteiger partial charge in [-0.05, 0) is 0 Å². The van der Waals surface area contributed by atoms with E-state index in [1.807, 2.05) is 6.07 Å². The highest BCUT2D eigenvalue weighted by Crippen LogP contribution is 2.14. The van der Waals surface area contributed by atoms with Gasteiger partial charge in [-0.2, -0.15) is 0 Å². The minimum Gasteiger partial charge on any atom is -0.287 e. The number of carbonyl (C=O) groups excluding carboxylic acids is 1. The molecule has 14 heavy (non-hydrogen) atoms. The van der Waals surface area contributed by atoms with Crippen LogP contribution >= 0.6 is 12.4 Å². The van der Waals surface area contributed by atoms with Gasteiger partial charge in [-0.15, -0.1) is 12.4 Å². The Labute approximate surface area is 93.6 Å². The molecule has 76 valence electrons. The third kappa shape index (κ3) is 2.86. The second-order valence-electron chi connectivity index (χ2n) is 3.29. The number of benzene rings is 1. The first kappa shape index (κ1) is 13.2. The summed E-state index contributed by atoms with van der Waals surface area (Å²) in [7, 11) is 0. The van der Waals surface area contributed by atoms with Crippen LogP contribution in [0.2, 0.25) is 0 Å². The van der Waals surface area contributed by atoms with Crippen molar-refractivity contribution in [2.24, 2.45) is 0 Å². The fraction of sp³-hybridized carbons (Fsp3) is 0.300. The van der Waals surface area contributed by atoms with E-state index in [-0.39, 0.29) is 18.2 Å². The van der Waals surface area contributed by atoms with Crippen LogP contribution in [-0.2, 0) is 15.9 Å². The maximum absolute atomic E-state index is 11.7. The Hall–Kier alpha value is -0.800. The van der Waals surface area contributed by atoms with E-state index in [1.165, 1.54) is 0 Å². The van der Waals surface area contributed by atoms with Gasteiger partial charge in [0, 0.05) is 23.6 Å². The number of ketones is 1. The monoisotopic (exact) mass is 231 g/mol. The minimum absolute atomic E-state index is 0. The highest BCUT2D eigenvalue weighted by molar-refractivity contribution is 7.68. The van der Waals surface area contributed by atoms with E-state index in [9.17, 15) is 9.00 Å². The molecule has 0 atom stereocenters. The molecule has 0 aliphatic heterocycles. The Morgan fingerprint density at radius 2 is 1.71 bits per heavy atom. The highest BCUT2D eigenvalue weighted by Gasteiger charge is 2.42. The summed E-state index contributed by atoms with van der Waals surface area (Å²) in [6.45, 7) is 3.28. The predicted molar refractivity (Wildman–Crippen MR) is 60.2 cm³/mol. The second-order valence-corrected chi connectivity index (χ2v) is 4.48. The smallest absolute Gasteiger partial charge is 0.287 e. The van der Waals surface area contributed by atoms with E-state index in [4.69, 9.17) is 0 Å². The molecule has 1 aromatic rings. The van der Waals surface area contributed by atoms with Crippen molar-refractivity contribution in [3.8, 4) is 0 Å². The van der Waals surface area contributed by atoms with Crippen molar-refractivity contribution in [3.63, 3.8) is 0 Å². The van der Waals surface area contributed by atoms with E-state index in [0.29, 0.717) is 17.2 Å². The molecular weight excluding hydrogens is 220 g/mol. The lowest BCUT2D eigenvalue weighted by Crippen LogP contribution is -2.30. The number of hydrogen-bond donors (Lipinski definition) is 0. The van der Waals surface area contributed by atoms with E-state index in [0.717, 1.165) is 0 Å². The van der Waals surface area contributed by atoms with Crippen molar-refractivity contribution in [1.82, 2.24) is 0 Å². The van der Waals surface area contributed by atoms with Crippen molar-refractivity contribution < 1.29 is 9.00 Å². The summed E-state index contributed by atoms with van der Waals surface area (Å²) in [4.78, 5) is 11.7. The molecule has 1 rings (SSSR count).